The van der Waals surface area contributed by atoms with Gasteiger partial charge in [0.1, 0.15) is 0 Å². The molecule has 1 aliphatic rings. The number of likely N-dealkylation sites (tertiary alicyclic amines) is 1. The third-order valence-electron chi connectivity index (χ3n) is 3.46. The predicted molar refractivity (Wildman–Crippen MR) is 70.0 cm³/mol. The molecule has 4 nitrogen and oxygen atoms in total. The molecule has 0 aliphatic carbocycles. The number of piperidine rings is 1. The second-order valence-corrected chi connectivity index (χ2v) is 5.38. The normalized spacial score (nSPS) is 19.1. The number of aromatic nitrogens is 2. The van der Waals surface area contributed by atoms with E-state index in [1.54, 1.807) is 0 Å². The summed E-state index contributed by atoms with van der Waals surface area (Å²) in [7, 11) is 2.20. The average molecular weight is 236 g/mol. The third-order valence-corrected chi connectivity index (χ3v) is 3.46. The van der Waals surface area contributed by atoms with E-state index in [0.717, 1.165) is 12.2 Å². The molecular weight excluding hydrogens is 212 g/mol. The molecule has 1 N–H and O–H groups in total. The summed E-state index contributed by atoms with van der Waals surface area (Å²) >= 11 is 0. The van der Waals surface area contributed by atoms with Crippen molar-refractivity contribution in [2.24, 2.45) is 0 Å². The van der Waals surface area contributed by atoms with Crippen LogP contribution in [0, 0.1) is 0 Å². The lowest BCUT2D eigenvalue weighted by Crippen LogP contribution is -2.31. The smallest absolute Gasteiger partial charge is 0.0952 e. The first kappa shape index (κ1) is 12.6. The lowest BCUT2D eigenvalue weighted by molar-refractivity contribution is 0.221. The fourth-order valence-corrected chi connectivity index (χ4v) is 2.27. The van der Waals surface area contributed by atoms with Crippen LogP contribution in [0.3, 0.4) is 0 Å². The van der Waals surface area contributed by atoms with Crippen molar-refractivity contribution >= 4 is 0 Å². The SMILES string of the molecule is CC(C)NCc1cn(C2CCN(C)CC2)cn1. The van der Waals surface area contributed by atoms with Crippen molar-refractivity contribution in [2.45, 2.75) is 45.3 Å². The van der Waals surface area contributed by atoms with Gasteiger partial charge in [-0.1, -0.05) is 13.8 Å². The van der Waals surface area contributed by atoms with E-state index in [4.69, 9.17) is 0 Å². The lowest BCUT2D eigenvalue weighted by Gasteiger charge is -2.29. The Morgan fingerprint density at radius 1 is 1.41 bits per heavy atom. The fourth-order valence-electron chi connectivity index (χ4n) is 2.27. The molecule has 0 atom stereocenters. The van der Waals surface area contributed by atoms with E-state index in [1.807, 2.05) is 6.33 Å². The van der Waals surface area contributed by atoms with Crippen molar-refractivity contribution in [1.29, 1.82) is 0 Å². The van der Waals surface area contributed by atoms with Gasteiger partial charge in [-0.2, -0.15) is 0 Å². The Labute approximate surface area is 104 Å². The van der Waals surface area contributed by atoms with Crippen molar-refractivity contribution in [3.63, 3.8) is 0 Å². The number of nitrogens with zero attached hydrogens (tertiary/aromatic N) is 3. The molecule has 0 spiro atoms. The van der Waals surface area contributed by atoms with E-state index < -0.39 is 0 Å². The quantitative estimate of drug-likeness (QED) is 0.863. The fraction of sp³-hybridized carbons (Fsp3) is 0.769. The number of imidazole rings is 1. The summed E-state index contributed by atoms with van der Waals surface area (Å²) in [6.07, 6.45) is 6.67. The monoisotopic (exact) mass is 236 g/mol. The third kappa shape index (κ3) is 3.54. The van der Waals surface area contributed by atoms with E-state index in [9.17, 15) is 0 Å². The van der Waals surface area contributed by atoms with Crippen LogP contribution in [0.25, 0.3) is 0 Å². The second kappa shape index (κ2) is 5.65. The van der Waals surface area contributed by atoms with Crippen LogP contribution in [0.15, 0.2) is 12.5 Å². The second-order valence-electron chi connectivity index (χ2n) is 5.38. The van der Waals surface area contributed by atoms with Gasteiger partial charge in [-0.3, -0.25) is 0 Å². The zero-order chi connectivity index (χ0) is 12.3. The molecule has 17 heavy (non-hydrogen) atoms. The molecule has 2 rings (SSSR count). The minimum Gasteiger partial charge on any atom is -0.334 e. The van der Waals surface area contributed by atoms with E-state index in [2.05, 4.69) is 46.9 Å². The minimum absolute atomic E-state index is 0.517. The highest BCUT2D eigenvalue weighted by Crippen LogP contribution is 2.21. The highest BCUT2D eigenvalue weighted by molar-refractivity contribution is 4.98. The van der Waals surface area contributed by atoms with Crippen LogP contribution >= 0.6 is 0 Å². The van der Waals surface area contributed by atoms with Crippen molar-refractivity contribution in [2.75, 3.05) is 20.1 Å². The molecule has 4 heteroatoms. The maximum atomic E-state index is 4.47. The predicted octanol–water partition coefficient (Wildman–Crippen LogP) is 1.65. The first-order chi connectivity index (χ1) is 8.15. The largest absolute Gasteiger partial charge is 0.334 e. The van der Waals surface area contributed by atoms with Crippen LogP contribution in [0.1, 0.15) is 38.4 Å². The zero-order valence-electron chi connectivity index (χ0n) is 11.2. The molecule has 96 valence electrons. The van der Waals surface area contributed by atoms with Crippen LogP contribution in [-0.4, -0.2) is 40.6 Å². The molecular formula is C13H24N4. The van der Waals surface area contributed by atoms with Gasteiger partial charge in [0.2, 0.25) is 0 Å². The van der Waals surface area contributed by atoms with Gasteiger partial charge in [-0.25, -0.2) is 4.98 Å². The van der Waals surface area contributed by atoms with E-state index in [0.29, 0.717) is 12.1 Å². The molecule has 1 aromatic rings. The highest BCUT2D eigenvalue weighted by Gasteiger charge is 2.18. The maximum Gasteiger partial charge on any atom is 0.0952 e. The summed E-state index contributed by atoms with van der Waals surface area (Å²) in [5.74, 6) is 0. The summed E-state index contributed by atoms with van der Waals surface area (Å²) in [5, 5.41) is 3.40. The minimum atomic E-state index is 0.517. The van der Waals surface area contributed by atoms with E-state index >= 15 is 0 Å². The Bertz CT molecular complexity index is 337. The molecule has 0 bridgehead atoms. The van der Waals surface area contributed by atoms with Crippen molar-refractivity contribution in [1.82, 2.24) is 19.8 Å². The highest BCUT2D eigenvalue weighted by atomic mass is 15.1. The summed E-state index contributed by atoms with van der Waals surface area (Å²) in [4.78, 5) is 6.87. The number of nitrogens with one attached hydrogen (secondary N) is 1. The van der Waals surface area contributed by atoms with Crippen molar-refractivity contribution < 1.29 is 0 Å². The first-order valence-electron chi connectivity index (χ1n) is 6.59. The lowest BCUT2D eigenvalue weighted by atomic mass is 10.1. The van der Waals surface area contributed by atoms with Gasteiger partial charge in [0.25, 0.3) is 0 Å². The maximum absolute atomic E-state index is 4.47. The Morgan fingerprint density at radius 2 is 2.12 bits per heavy atom. The van der Waals surface area contributed by atoms with Gasteiger partial charge in [-0.15, -0.1) is 0 Å². The Morgan fingerprint density at radius 3 is 2.76 bits per heavy atom. The van der Waals surface area contributed by atoms with Crippen molar-refractivity contribution in [3.8, 4) is 0 Å². The van der Waals surface area contributed by atoms with Gasteiger partial charge in [0, 0.05) is 24.8 Å². The van der Waals surface area contributed by atoms with Gasteiger partial charge < -0.3 is 14.8 Å². The molecule has 1 saturated heterocycles. The van der Waals surface area contributed by atoms with Gasteiger partial charge in [-0.05, 0) is 33.0 Å². The van der Waals surface area contributed by atoms with E-state index in [-0.39, 0.29) is 0 Å². The zero-order valence-corrected chi connectivity index (χ0v) is 11.2. The number of rotatable bonds is 4. The van der Waals surface area contributed by atoms with Crippen LogP contribution in [0.5, 0.6) is 0 Å². The molecule has 1 fully saturated rings. The molecule has 0 amide bonds. The molecule has 0 unspecified atom stereocenters. The Kier molecular flexibility index (Phi) is 4.18. The topological polar surface area (TPSA) is 33.1 Å². The van der Waals surface area contributed by atoms with Crippen LogP contribution < -0.4 is 5.32 Å². The average Bonchev–Trinajstić information content (AvgIpc) is 2.76. The van der Waals surface area contributed by atoms with Crippen LogP contribution in [-0.2, 0) is 6.54 Å². The summed E-state index contributed by atoms with van der Waals surface area (Å²) in [6.45, 7) is 7.59. The van der Waals surface area contributed by atoms with Crippen molar-refractivity contribution in [3.05, 3.63) is 18.2 Å². The van der Waals surface area contributed by atoms with Gasteiger partial charge in [0.15, 0.2) is 0 Å². The van der Waals surface area contributed by atoms with E-state index in [1.165, 1.54) is 25.9 Å². The standard InChI is InChI=1S/C13H24N4/c1-11(2)14-8-12-9-17(10-15-12)13-4-6-16(3)7-5-13/h9-11,13-14H,4-8H2,1-3H3. The molecule has 0 saturated carbocycles. The van der Waals surface area contributed by atoms with Gasteiger partial charge >= 0.3 is 0 Å². The first-order valence-corrected chi connectivity index (χ1v) is 6.59. The Hall–Kier alpha value is -0.870. The van der Waals surface area contributed by atoms with Crippen LogP contribution in [0.4, 0.5) is 0 Å². The molecule has 0 radical (unpaired) electrons. The molecule has 2 heterocycles. The van der Waals surface area contributed by atoms with Crippen LogP contribution in [0.2, 0.25) is 0 Å². The summed E-state index contributed by atoms with van der Waals surface area (Å²) in [6, 6.07) is 1.16. The molecule has 1 aliphatic heterocycles. The molecule has 1 aromatic heterocycles. The number of hydrogen-bond donors (Lipinski definition) is 1. The van der Waals surface area contributed by atoms with Gasteiger partial charge in [0.05, 0.1) is 12.0 Å². The summed E-state index contributed by atoms with van der Waals surface area (Å²) < 4.78 is 2.30. The molecule has 0 aromatic carbocycles. The number of hydrogen-bond acceptors (Lipinski definition) is 3. The Balaban J connectivity index is 1.89. The summed E-state index contributed by atoms with van der Waals surface area (Å²) in [5.41, 5.74) is 1.15.